The van der Waals surface area contributed by atoms with Crippen molar-refractivity contribution in [1.29, 1.82) is 0 Å². The fraction of sp³-hybridized carbons (Fsp3) is 0.364. The minimum absolute atomic E-state index is 0.0254. The molecule has 0 saturated heterocycles. The van der Waals surface area contributed by atoms with Crippen molar-refractivity contribution >= 4 is 18.1 Å². The summed E-state index contributed by atoms with van der Waals surface area (Å²) < 4.78 is 18.2. The Hall–Kier alpha value is -1.98. The highest BCUT2D eigenvalue weighted by Crippen LogP contribution is 2.15. The van der Waals surface area contributed by atoms with Crippen molar-refractivity contribution in [1.82, 2.24) is 4.98 Å². The molecule has 0 aliphatic carbocycles. The van der Waals surface area contributed by atoms with Crippen LogP contribution in [-0.2, 0) is 4.74 Å². The van der Waals surface area contributed by atoms with Gasteiger partial charge in [-0.2, -0.15) is 0 Å². The van der Waals surface area contributed by atoms with E-state index < -0.39 is 17.5 Å². The molecule has 92 valence electrons. The number of rotatable bonds is 2. The van der Waals surface area contributed by atoms with Gasteiger partial charge in [0.1, 0.15) is 11.3 Å². The second-order valence-electron chi connectivity index (χ2n) is 4.33. The Bertz CT molecular complexity index is 441. The topological polar surface area (TPSA) is 68.3 Å². The van der Waals surface area contributed by atoms with E-state index in [2.05, 4.69) is 10.3 Å². The average Bonchev–Trinajstić information content (AvgIpc) is 2.18. The minimum Gasteiger partial charge on any atom is -0.444 e. The summed E-state index contributed by atoms with van der Waals surface area (Å²) in [6, 6.07) is 1.13. The number of aromatic nitrogens is 1. The number of nitrogens with zero attached hydrogens (tertiary/aromatic N) is 1. The lowest BCUT2D eigenvalue weighted by Gasteiger charge is -2.19. The molecular weight excluding hydrogens is 227 g/mol. The van der Waals surface area contributed by atoms with Gasteiger partial charge in [-0.3, -0.25) is 15.1 Å². The van der Waals surface area contributed by atoms with Crippen LogP contribution in [0.2, 0.25) is 0 Å². The molecule has 0 bridgehead atoms. The molecule has 0 radical (unpaired) electrons. The number of hydrogen-bond acceptors (Lipinski definition) is 4. The molecular formula is C11H13FN2O3. The van der Waals surface area contributed by atoms with Crippen molar-refractivity contribution in [2.45, 2.75) is 26.4 Å². The molecule has 0 aliphatic rings. The molecule has 1 aromatic heterocycles. The SMILES string of the molecule is CC(C)(C)OC(=O)Nc1cc(C=O)ncc1F. The Morgan fingerprint density at radius 3 is 2.71 bits per heavy atom. The molecule has 1 rings (SSSR count). The average molecular weight is 240 g/mol. The zero-order chi connectivity index (χ0) is 13.1. The molecule has 0 aliphatic heterocycles. The normalized spacial score (nSPS) is 10.8. The molecule has 0 spiro atoms. The first-order chi connectivity index (χ1) is 7.81. The first-order valence-corrected chi connectivity index (χ1v) is 4.92. The molecule has 0 atom stereocenters. The van der Waals surface area contributed by atoms with E-state index in [0.717, 1.165) is 12.3 Å². The number of anilines is 1. The fourth-order valence-electron chi connectivity index (χ4n) is 1.03. The van der Waals surface area contributed by atoms with Gasteiger partial charge in [0.05, 0.1) is 11.9 Å². The molecule has 0 saturated carbocycles. The Labute approximate surface area is 98.0 Å². The maximum atomic E-state index is 13.3. The van der Waals surface area contributed by atoms with Gasteiger partial charge >= 0.3 is 6.09 Å². The van der Waals surface area contributed by atoms with Gasteiger partial charge in [-0.05, 0) is 26.8 Å². The van der Waals surface area contributed by atoms with Gasteiger partial charge in [-0.25, -0.2) is 9.18 Å². The van der Waals surface area contributed by atoms with E-state index in [1.807, 2.05) is 0 Å². The van der Waals surface area contributed by atoms with E-state index in [1.54, 1.807) is 20.8 Å². The monoisotopic (exact) mass is 240 g/mol. The first-order valence-electron chi connectivity index (χ1n) is 4.92. The van der Waals surface area contributed by atoms with E-state index in [9.17, 15) is 14.0 Å². The third kappa shape index (κ3) is 4.18. The molecule has 6 heteroatoms. The van der Waals surface area contributed by atoms with Crippen LogP contribution in [0.5, 0.6) is 0 Å². The number of halogens is 1. The van der Waals surface area contributed by atoms with Crippen LogP contribution in [0.1, 0.15) is 31.3 Å². The van der Waals surface area contributed by atoms with Crippen LogP contribution in [0.3, 0.4) is 0 Å². The van der Waals surface area contributed by atoms with Crippen LogP contribution < -0.4 is 5.32 Å². The Kier molecular flexibility index (Phi) is 3.77. The van der Waals surface area contributed by atoms with Crippen LogP contribution in [0.15, 0.2) is 12.3 Å². The molecule has 5 nitrogen and oxygen atoms in total. The quantitative estimate of drug-likeness (QED) is 0.806. The summed E-state index contributed by atoms with van der Waals surface area (Å²) in [5, 5.41) is 2.21. The highest BCUT2D eigenvalue weighted by Gasteiger charge is 2.17. The van der Waals surface area contributed by atoms with E-state index in [-0.39, 0.29) is 11.4 Å². The van der Waals surface area contributed by atoms with E-state index in [1.165, 1.54) is 0 Å². The summed E-state index contributed by atoms with van der Waals surface area (Å²) in [5.74, 6) is -0.735. The van der Waals surface area contributed by atoms with Crippen molar-refractivity contribution in [2.75, 3.05) is 5.32 Å². The smallest absolute Gasteiger partial charge is 0.412 e. The lowest BCUT2D eigenvalue weighted by Crippen LogP contribution is -2.27. The Morgan fingerprint density at radius 1 is 1.53 bits per heavy atom. The molecule has 0 unspecified atom stereocenters. The number of ether oxygens (including phenoxy) is 1. The molecule has 1 heterocycles. The lowest BCUT2D eigenvalue weighted by atomic mass is 10.2. The van der Waals surface area contributed by atoms with Crippen molar-refractivity contribution in [3.63, 3.8) is 0 Å². The lowest BCUT2D eigenvalue weighted by molar-refractivity contribution is 0.0635. The number of carbonyl (C=O) groups is 2. The molecule has 1 aromatic rings. The number of amides is 1. The second kappa shape index (κ2) is 4.90. The number of hydrogen-bond donors (Lipinski definition) is 1. The van der Waals surface area contributed by atoms with E-state index in [0.29, 0.717) is 6.29 Å². The van der Waals surface area contributed by atoms with Crippen molar-refractivity contribution < 1.29 is 18.7 Å². The van der Waals surface area contributed by atoms with Gasteiger partial charge in [0, 0.05) is 0 Å². The molecule has 1 amide bonds. The fourth-order valence-corrected chi connectivity index (χ4v) is 1.03. The zero-order valence-electron chi connectivity index (χ0n) is 9.78. The maximum Gasteiger partial charge on any atom is 0.412 e. The summed E-state index contributed by atoms with van der Waals surface area (Å²) in [6.45, 7) is 5.06. The predicted molar refractivity (Wildman–Crippen MR) is 59.4 cm³/mol. The summed E-state index contributed by atoms with van der Waals surface area (Å²) >= 11 is 0. The van der Waals surface area contributed by atoms with Gasteiger partial charge in [0.2, 0.25) is 0 Å². The van der Waals surface area contributed by atoms with Crippen LogP contribution in [0.25, 0.3) is 0 Å². The van der Waals surface area contributed by atoms with Crippen molar-refractivity contribution in [2.24, 2.45) is 0 Å². The van der Waals surface area contributed by atoms with Crippen LogP contribution >= 0.6 is 0 Å². The Balaban J connectivity index is 2.81. The maximum absolute atomic E-state index is 13.3. The number of nitrogens with one attached hydrogen (secondary N) is 1. The largest absolute Gasteiger partial charge is 0.444 e. The van der Waals surface area contributed by atoms with Crippen LogP contribution in [0, 0.1) is 5.82 Å². The van der Waals surface area contributed by atoms with Gasteiger partial charge in [-0.1, -0.05) is 0 Å². The van der Waals surface area contributed by atoms with Gasteiger partial charge in [0.25, 0.3) is 0 Å². The number of aldehydes is 1. The summed E-state index contributed by atoms with van der Waals surface area (Å²) in [4.78, 5) is 25.3. The van der Waals surface area contributed by atoms with Gasteiger partial charge in [-0.15, -0.1) is 0 Å². The third-order valence-corrected chi connectivity index (χ3v) is 1.63. The highest BCUT2D eigenvalue weighted by atomic mass is 19.1. The first kappa shape index (κ1) is 13.1. The third-order valence-electron chi connectivity index (χ3n) is 1.63. The molecule has 0 aromatic carbocycles. The summed E-state index contributed by atoms with van der Waals surface area (Å²) in [5.41, 5.74) is -0.796. The Morgan fingerprint density at radius 2 is 2.18 bits per heavy atom. The standard InChI is InChI=1S/C11H13FN2O3/c1-11(2,3)17-10(16)14-9-4-7(6-15)13-5-8(9)12/h4-6H,1-3H3,(H,13,14,16). The molecule has 0 fully saturated rings. The predicted octanol–water partition coefficient (Wildman–Crippen LogP) is 2.38. The van der Waals surface area contributed by atoms with Crippen LogP contribution in [0.4, 0.5) is 14.9 Å². The highest BCUT2D eigenvalue weighted by molar-refractivity contribution is 5.86. The van der Waals surface area contributed by atoms with Gasteiger partial charge < -0.3 is 4.74 Å². The minimum atomic E-state index is -0.792. The molecule has 1 N–H and O–H groups in total. The molecule has 17 heavy (non-hydrogen) atoms. The zero-order valence-corrected chi connectivity index (χ0v) is 9.78. The van der Waals surface area contributed by atoms with E-state index in [4.69, 9.17) is 4.74 Å². The second-order valence-corrected chi connectivity index (χ2v) is 4.33. The summed E-state index contributed by atoms with van der Waals surface area (Å²) in [6.07, 6.45) is 0.523. The summed E-state index contributed by atoms with van der Waals surface area (Å²) in [7, 11) is 0. The van der Waals surface area contributed by atoms with Crippen molar-refractivity contribution in [3.05, 3.63) is 23.8 Å². The van der Waals surface area contributed by atoms with Crippen molar-refractivity contribution in [3.8, 4) is 0 Å². The van der Waals surface area contributed by atoms with E-state index >= 15 is 0 Å². The van der Waals surface area contributed by atoms with Gasteiger partial charge in [0.15, 0.2) is 12.1 Å². The van der Waals surface area contributed by atoms with Crippen LogP contribution in [-0.4, -0.2) is 23.0 Å². The number of carbonyl (C=O) groups excluding carboxylic acids is 2. The number of pyridine rings is 1.